The molecule has 0 fully saturated rings. The molecule has 0 unspecified atom stereocenters. The standard InChI is InChI=1S/C52H36N2O11S6/c1-33-5-3-6-46(44(33)31-53)62-36-13-9-34(10-14-36)35-11-15-37(16-12-35)63-47-7-4-8-49(45(47)32-54)67-40-21-17-38(18-22-40)66-39-19-23-41(24-20-39)68-50-28-26-42(29-51(50)69-65-64-55)70(56,57)43-25-27-48(61-2)52(30-43)71(58,59)60/h3-30,55H,1-2H3,(H,58,59,60). The predicted octanol–water partition coefficient (Wildman–Crippen LogP) is 14.0. The molecule has 19 heteroatoms. The zero-order valence-electron chi connectivity index (χ0n) is 37.1. The highest BCUT2D eigenvalue weighted by molar-refractivity contribution is 8.01. The second kappa shape index (κ2) is 22.6. The van der Waals surface area contributed by atoms with Crippen LogP contribution in [0.2, 0.25) is 0 Å². The van der Waals surface area contributed by atoms with Crippen molar-refractivity contribution in [2.24, 2.45) is 0 Å². The maximum Gasteiger partial charge on any atom is 0.298 e. The van der Waals surface area contributed by atoms with E-state index in [1.165, 1.54) is 48.8 Å². The topological polar surface area (TPSA) is 202 Å². The first-order chi connectivity index (χ1) is 34.3. The quantitative estimate of drug-likeness (QED) is 0.0355. The molecule has 356 valence electrons. The fraction of sp³-hybridized carbons (Fsp3) is 0.0385. The van der Waals surface area contributed by atoms with Gasteiger partial charge in [0.1, 0.15) is 51.3 Å². The molecule has 0 saturated heterocycles. The summed E-state index contributed by atoms with van der Waals surface area (Å²) < 4.78 is 82.6. The zero-order valence-corrected chi connectivity index (χ0v) is 42.0. The Morgan fingerprint density at radius 2 is 1.01 bits per heavy atom. The lowest BCUT2D eigenvalue weighted by Gasteiger charge is -2.12. The number of hydrogen-bond acceptors (Lipinski definition) is 16. The molecule has 2 N–H and O–H groups in total. The minimum absolute atomic E-state index is 0.219. The van der Waals surface area contributed by atoms with E-state index >= 15 is 0 Å². The van der Waals surface area contributed by atoms with Crippen LogP contribution < -0.4 is 14.2 Å². The molecule has 0 radical (unpaired) electrons. The van der Waals surface area contributed by atoms with Gasteiger partial charge in [0.15, 0.2) is 0 Å². The van der Waals surface area contributed by atoms with Crippen molar-refractivity contribution in [3.05, 3.63) is 187 Å². The minimum Gasteiger partial charge on any atom is -0.495 e. The Kier molecular flexibility index (Phi) is 16.1. The van der Waals surface area contributed by atoms with Gasteiger partial charge in [-0.3, -0.25) is 4.55 Å². The van der Waals surface area contributed by atoms with Crippen LogP contribution in [0.4, 0.5) is 0 Å². The second-order valence-corrected chi connectivity index (χ2v) is 22.4. The van der Waals surface area contributed by atoms with E-state index in [9.17, 15) is 31.9 Å². The van der Waals surface area contributed by atoms with Crippen LogP contribution in [-0.4, -0.2) is 33.8 Å². The Morgan fingerprint density at radius 3 is 1.54 bits per heavy atom. The third-order valence-corrected chi connectivity index (χ3v) is 17.0. The molecule has 0 aliphatic carbocycles. The van der Waals surface area contributed by atoms with Crippen LogP contribution in [0.25, 0.3) is 11.1 Å². The summed E-state index contributed by atoms with van der Waals surface area (Å²) in [6.45, 7) is 1.87. The summed E-state index contributed by atoms with van der Waals surface area (Å²) in [5, 5.41) is 32.4. The van der Waals surface area contributed by atoms with Gasteiger partial charge in [0, 0.05) is 29.4 Å². The number of benzene rings is 8. The van der Waals surface area contributed by atoms with Gasteiger partial charge in [-0.2, -0.15) is 18.9 Å². The number of methoxy groups -OCH3 is 1. The van der Waals surface area contributed by atoms with E-state index in [0.717, 1.165) is 59.4 Å². The maximum absolute atomic E-state index is 13.6. The lowest BCUT2D eigenvalue weighted by molar-refractivity contribution is -0.432. The van der Waals surface area contributed by atoms with Crippen LogP contribution >= 0.6 is 47.3 Å². The van der Waals surface area contributed by atoms with Crippen molar-refractivity contribution < 1.29 is 50.2 Å². The molecule has 0 heterocycles. The molecule has 8 aromatic rings. The predicted molar refractivity (Wildman–Crippen MR) is 270 cm³/mol. The zero-order chi connectivity index (χ0) is 50.1. The van der Waals surface area contributed by atoms with Crippen LogP contribution in [0.5, 0.6) is 28.7 Å². The first-order valence-corrected chi connectivity index (χ1v) is 26.9. The van der Waals surface area contributed by atoms with Gasteiger partial charge >= 0.3 is 0 Å². The Bertz CT molecular complexity index is 3550. The van der Waals surface area contributed by atoms with Crippen LogP contribution in [0.3, 0.4) is 0 Å². The molecule has 8 aromatic carbocycles. The normalized spacial score (nSPS) is 11.4. The first-order valence-electron chi connectivity index (χ1n) is 20.8. The van der Waals surface area contributed by atoms with Gasteiger partial charge in [-0.05, 0) is 151 Å². The van der Waals surface area contributed by atoms with Crippen molar-refractivity contribution >= 4 is 67.3 Å². The summed E-state index contributed by atoms with van der Waals surface area (Å²) >= 11 is 4.87. The monoisotopic (exact) mass is 1060 g/mol. The van der Waals surface area contributed by atoms with E-state index < -0.39 is 29.7 Å². The third-order valence-electron chi connectivity index (χ3n) is 10.4. The van der Waals surface area contributed by atoms with Crippen molar-refractivity contribution in [3.63, 3.8) is 0 Å². The summed E-state index contributed by atoms with van der Waals surface area (Å²) in [5.41, 5.74) is 3.69. The highest BCUT2D eigenvalue weighted by Crippen LogP contribution is 2.42. The minimum atomic E-state index is -4.81. The fourth-order valence-electron chi connectivity index (χ4n) is 6.91. The lowest BCUT2D eigenvalue weighted by atomic mass is 10.1. The molecule has 0 atom stereocenters. The molecule has 8 rings (SSSR count). The van der Waals surface area contributed by atoms with Gasteiger partial charge in [0.05, 0.1) is 39.4 Å². The number of aryl methyl sites for hydroxylation is 1. The molecule has 0 bridgehead atoms. The molecule has 0 spiro atoms. The number of nitrogens with zero attached hydrogens (tertiary/aromatic N) is 2. The van der Waals surface area contributed by atoms with Crippen molar-refractivity contribution in [2.75, 3.05) is 7.11 Å². The summed E-state index contributed by atoms with van der Waals surface area (Å²) in [5.74, 6) is 1.91. The first kappa shape index (κ1) is 50.7. The number of sulfone groups is 1. The van der Waals surface area contributed by atoms with E-state index in [0.29, 0.717) is 51.1 Å². The SMILES string of the molecule is COc1ccc(S(=O)(=O)c2ccc(Sc3ccc(Sc4ccc(Sc5cccc(Oc6ccc(-c7ccc(Oc8cccc(C)c8C#N)cc7)cc6)c5C#N)cc4)cc3)c(SOOO)c2)cc1S(=O)(=O)O. The van der Waals surface area contributed by atoms with E-state index in [1.807, 2.05) is 128 Å². The van der Waals surface area contributed by atoms with Gasteiger partial charge in [-0.15, -0.1) is 4.33 Å². The number of hydrogen-bond donors (Lipinski definition) is 2. The Morgan fingerprint density at radius 1 is 0.521 bits per heavy atom. The molecule has 0 saturated carbocycles. The smallest absolute Gasteiger partial charge is 0.298 e. The van der Waals surface area contributed by atoms with Gasteiger partial charge in [-0.25, -0.2) is 13.7 Å². The Labute approximate surface area is 426 Å². The average molecular weight is 1060 g/mol. The van der Waals surface area contributed by atoms with Crippen molar-refractivity contribution in [1.82, 2.24) is 0 Å². The lowest BCUT2D eigenvalue weighted by Crippen LogP contribution is -2.07. The highest BCUT2D eigenvalue weighted by Gasteiger charge is 2.25. The van der Waals surface area contributed by atoms with Gasteiger partial charge < -0.3 is 14.2 Å². The van der Waals surface area contributed by atoms with Crippen molar-refractivity contribution in [1.29, 1.82) is 10.5 Å². The second-order valence-electron chi connectivity index (χ2n) is 14.9. The summed E-state index contributed by atoms with van der Waals surface area (Å²) in [7, 11) is -7.94. The summed E-state index contributed by atoms with van der Waals surface area (Å²) in [6.07, 6.45) is 0. The average Bonchev–Trinajstić information content (AvgIpc) is 3.37. The van der Waals surface area contributed by atoms with Gasteiger partial charge in [-0.1, -0.05) is 82.8 Å². The molecule has 0 aliphatic rings. The highest BCUT2D eigenvalue weighted by atomic mass is 32.2. The summed E-state index contributed by atoms with van der Waals surface area (Å²) in [6, 6.07) is 53.7. The molecular weight excluding hydrogens is 1020 g/mol. The fourth-order valence-corrected chi connectivity index (χ4v) is 12.3. The number of ether oxygens (including phenoxy) is 3. The van der Waals surface area contributed by atoms with E-state index in [1.54, 1.807) is 23.9 Å². The third kappa shape index (κ3) is 12.2. The van der Waals surface area contributed by atoms with Crippen molar-refractivity contribution in [3.8, 4) is 52.0 Å². The Hall–Kier alpha value is -6.72. The largest absolute Gasteiger partial charge is 0.495 e. The van der Waals surface area contributed by atoms with Crippen LogP contribution in [0, 0.1) is 29.6 Å². The van der Waals surface area contributed by atoms with Gasteiger partial charge in [0.2, 0.25) is 9.84 Å². The number of rotatable bonds is 18. The van der Waals surface area contributed by atoms with E-state index in [4.69, 9.17) is 19.5 Å². The maximum atomic E-state index is 13.6. The molecular formula is C52H36N2O11S6. The van der Waals surface area contributed by atoms with Gasteiger partial charge in [0.25, 0.3) is 10.1 Å². The molecule has 0 aromatic heterocycles. The molecule has 0 aliphatic heterocycles. The van der Waals surface area contributed by atoms with Crippen molar-refractivity contribution in [2.45, 2.75) is 55.9 Å². The molecule has 0 amide bonds. The molecule has 71 heavy (non-hydrogen) atoms. The van der Waals surface area contributed by atoms with E-state index in [-0.39, 0.29) is 15.5 Å². The molecule has 13 nitrogen and oxygen atoms in total. The Balaban J connectivity index is 0.887. The number of nitriles is 2. The summed E-state index contributed by atoms with van der Waals surface area (Å²) in [4.78, 5) is 3.89. The van der Waals surface area contributed by atoms with Crippen LogP contribution in [-0.2, 0) is 29.3 Å². The van der Waals surface area contributed by atoms with Crippen LogP contribution in [0.1, 0.15) is 16.7 Å². The van der Waals surface area contributed by atoms with E-state index in [2.05, 4.69) is 21.5 Å². The van der Waals surface area contributed by atoms with Crippen LogP contribution in [0.15, 0.2) is 219 Å².